The van der Waals surface area contributed by atoms with Crippen molar-refractivity contribution in [2.75, 3.05) is 23.2 Å². The number of amides is 2. The molecule has 0 spiro atoms. The average Bonchev–Trinajstić information content (AvgIpc) is 3.32. The lowest BCUT2D eigenvalue weighted by Crippen LogP contribution is -2.18. The fraction of sp³-hybridized carbons (Fsp3) is 0.0870. The summed E-state index contributed by atoms with van der Waals surface area (Å²) in [7, 11) is 0. The Morgan fingerprint density at radius 3 is 2.08 bits per heavy atom. The van der Waals surface area contributed by atoms with E-state index in [1.54, 1.807) is 42.5 Å². The first-order valence-corrected chi connectivity index (χ1v) is 12.5. The first kappa shape index (κ1) is 26.2. The molecule has 0 aliphatic carbocycles. The number of halogens is 4. The van der Waals surface area contributed by atoms with E-state index in [9.17, 15) is 19.5 Å². The zero-order valence-electron chi connectivity index (χ0n) is 17.9. The van der Waals surface area contributed by atoms with E-state index in [-0.39, 0.29) is 33.5 Å². The Hall–Kier alpha value is -2.82. The number of hydrogen-bond donors (Lipinski definition) is 3. The normalized spacial score (nSPS) is 11.8. The number of hydrogen-bond acceptors (Lipinski definition) is 6. The lowest BCUT2D eigenvalue weighted by molar-refractivity contribution is -0.113. The van der Waals surface area contributed by atoms with E-state index in [0.29, 0.717) is 22.9 Å². The maximum Gasteiger partial charge on any atom is 0.338 e. The Bertz CT molecular complexity index is 1380. The van der Waals surface area contributed by atoms with Gasteiger partial charge in [0.2, 0.25) is 12.7 Å². The highest BCUT2D eigenvalue weighted by molar-refractivity contribution is 8.00. The number of carboxylic acid groups (broad SMARTS) is 1. The third kappa shape index (κ3) is 5.61. The van der Waals surface area contributed by atoms with E-state index in [1.807, 2.05) is 0 Å². The summed E-state index contributed by atoms with van der Waals surface area (Å²) < 4.78 is 10.5. The Labute approximate surface area is 228 Å². The van der Waals surface area contributed by atoms with Crippen molar-refractivity contribution in [1.29, 1.82) is 0 Å². The number of carboxylic acids is 1. The fourth-order valence-corrected chi connectivity index (χ4v) is 4.91. The summed E-state index contributed by atoms with van der Waals surface area (Å²) in [4.78, 5) is 37.6. The SMILES string of the molecule is O=C(CSc1ccc(NC(=O)c2c(Cl)c(Cl)c(Cl)c(Cl)c2C(=O)O)cc1)Nc1ccc2c(c1)OCO2. The van der Waals surface area contributed by atoms with Crippen LogP contribution in [0.2, 0.25) is 20.1 Å². The zero-order chi connectivity index (χ0) is 26.0. The lowest BCUT2D eigenvalue weighted by atomic mass is 10.1. The summed E-state index contributed by atoms with van der Waals surface area (Å²) in [6.07, 6.45) is 0. The highest BCUT2D eigenvalue weighted by atomic mass is 35.5. The van der Waals surface area contributed by atoms with Gasteiger partial charge in [0.15, 0.2) is 11.5 Å². The minimum atomic E-state index is -1.49. The van der Waals surface area contributed by atoms with Gasteiger partial charge in [0.1, 0.15) is 0 Å². The standard InChI is InChI=1S/C23H14Cl4N2O6S/c24-18-16(17(23(32)33)19(25)21(27)20(18)26)22(31)29-10-1-4-12(5-2-10)36-8-15(30)28-11-3-6-13-14(7-11)35-9-34-13/h1-7H,8-9H2,(H,28,30)(H,29,31)(H,32,33). The number of thioether (sulfide) groups is 1. The van der Waals surface area contributed by atoms with Crippen LogP contribution >= 0.6 is 58.2 Å². The van der Waals surface area contributed by atoms with Crippen molar-refractivity contribution in [3.63, 3.8) is 0 Å². The van der Waals surface area contributed by atoms with Crippen molar-refractivity contribution < 1.29 is 29.0 Å². The molecule has 0 saturated carbocycles. The molecule has 1 aliphatic rings. The predicted molar refractivity (Wildman–Crippen MR) is 140 cm³/mol. The molecule has 4 rings (SSSR count). The van der Waals surface area contributed by atoms with Crippen molar-refractivity contribution in [2.24, 2.45) is 0 Å². The van der Waals surface area contributed by atoms with Crippen LogP contribution in [0.15, 0.2) is 47.4 Å². The van der Waals surface area contributed by atoms with Crippen molar-refractivity contribution in [3.05, 3.63) is 73.7 Å². The second kappa shape index (κ2) is 11.1. The minimum Gasteiger partial charge on any atom is -0.478 e. The minimum absolute atomic E-state index is 0.138. The van der Waals surface area contributed by atoms with Gasteiger partial charge >= 0.3 is 5.97 Å². The summed E-state index contributed by atoms with van der Waals surface area (Å²) in [6, 6.07) is 11.7. The summed E-state index contributed by atoms with van der Waals surface area (Å²) in [5.41, 5.74) is -0.0371. The summed E-state index contributed by atoms with van der Waals surface area (Å²) in [5.74, 6) is -1.21. The van der Waals surface area contributed by atoms with Crippen molar-refractivity contribution in [2.45, 2.75) is 4.90 Å². The smallest absolute Gasteiger partial charge is 0.338 e. The van der Waals surface area contributed by atoms with Crippen LogP contribution < -0.4 is 20.1 Å². The van der Waals surface area contributed by atoms with Gasteiger partial charge in [-0.15, -0.1) is 11.8 Å². The van der Waals surface area contributed by atoms with E-state index in [2.05, 4.69) is 10.6 Å². The van der Waals surface area contributed by atoms with Crippen LogP contribution in [-0.4, -0.2) is 35.4 Å². The van der Waals surface area contributed by atoms with Gasteiger partial charge in [-0.1, -0.05) is 46.4 Å². The Balaban J connectivity index is 1.39. The Kier molecular flexibility index (Phi) is 8.07. The van der Waals surface area contributed by atoms with Crippen LogP contribution in [0.25, 0.3) is 0 Å². The van der Waals surface area contributed by atoms with Crippen molar-refractivity contribution in [3.8, 4) is 11.5 Å². The number of anilines is 2. The summed E-state index contributed by atoms with van der Waals surface area (Å²) in [6.45, 7) is 0.147. The first-order valence-electron chi connectivity index (χ1n) is 9.98. The Morgan fingerprint density at radius 2 is 1.42 bits per heavy atom. The van der Waals surface area contributed by atoms with Crippen molar-refractivity contribution in [1.82, 2.24) is 0 Å². The van der Waals surface area contributed by atoms with E-state index >= 15 is 0 Å². The molecular weight excluding hydrogens is 574 g/mol. The molecule has 0 unspecified atom stereocenters. The number of rotatable bonds is 7. The third-order valence-corrected chi connectivity index (χ3v) is 7.66. The largest absolute Gasteiger partial charge is 0.478 e. The molecule has 8 nitrogen and oxygen atoms in total. The number of aromatic carboxylic acids is 1. The maximum absolute atomic E-state index is 12.8. The van der Waals surface area contributed by atoms with Crippen LogP contribution in [0.4, 0.5) is 11.4 Å². The number of carbonyl (C=O) groups is 3. The predicted octanol–water partition coefficient (Wildman–Crippen LogP) is 6.71. The molecule has 0 atom stereocenters. The fourth-order valence-electron chi connectivity index (χ4n) is 3.19. The lowest BCUT2D eigenvalue weighted by Gasteiger charge is -2.14. The number of fused-ring (bicyclic) bond motifs is 1. The molecule has 36 heavy (non-hydrogen) atoms. The molecule has 3 aromatic rings. The monoisotopic (exact) mass is 586 g/mol. The number of nitrogens with one attached hydrogen (secondary N) is 2. The average molecular weight is 588 g/mol. The van der Waals surface area contributed by atoms with Gasteiger partial charge in [0.25, 0.3) is 5.91 Å². The third-order valence-electron chi connectivity index (χ3n) is 4.85. The van der Waals surface area contributed by atoms with E-state index < -0.39 is 28.0 Å². The highest BCUT2D eigenvalue weighted by Gasteiger charge is 2.29. The highest BCUT2D eigenvalue weighted by Crippen LogP contribution is 2.42. The molecule has 186 valence electrons. The molecule has 0 radical (unpaired) electrons. The zero-order valence-corrected chi connectivity index (χ0v) is 21.7. The summed E-state index contributed by atoms with van der Waals surface area (Å²) in [5, 5.41) is 13.6. The van der Waals surface area contributed by atoms with Gasteiger partial charge in [-0.05, 0) is 36.4 Å². The topological polar surface area (TPSA) is 114 Å². The molecule has 2 amide bonds. The van der Waals surface area contributed by atoms with Gasteiger partial charge in [-0.2, -0.15) is 0 Å². The van der Waals surface area contributed by atoms with Crippen LogP contribution in [0.5, 0.6) is 11.5 Å². The van der Waals surface area contributed by atoms with Gasteiger partial charge in [0, 0.05) is 22.3 Å². The van der Waals surface area contributed by atoms with E-state index in [1.165, 1.54) is 11.8 Å². The quantitative estimate of drug-likeness (QED) is 0.160. The first-order chi connectivity index (χ1) is 17.2. The Morgan fingerprint density at radius 1 is 0.806 bits per heavy atom. The molecule has 0 bridgehead atoms. The molecule has 0 fully saturated rings. The van der Waals surface area contributed by atoms with Crippen LogP contribution in [-0.2, 0) is 4.79 Å². The molecule has 0 aromatic heterocycles. The molecule has 0 saturated heterocycles. The number of ether oxygens (including phenoxy) is 2. The van der Waals surface area contributed by atoms with E-state index in [0.717, 1.165) is 4.90 Å². The molecule has 1 aliphatic heterocycles. The molecule has 3 N–H and O–H groups in total. The van der Waals surface area contributed by atoms with Gasteiger partial charge < -0.3 is 25.2 Å². The van der Waals surface area contributed by atoms with E-state index in [4.69, 9.17) is 55.9 Å². The van der Waals surface area contributed by atoms with Crippen molar-refractivity contribution >= 4 is 87.3 Å². The second-order valence-electron chi connectivity index (χ2n) is 7.19. The van der Waals surface area contributed by atoms with Gasteiger partial charge in [-0.3, -0.25) is 9.59 Å². The number of benzene rings is 3. The molecule has 3 aromatic carbocycles. The van der Waals surface area contributed by atoms with Gasteiger partial charge in [0.05, 0.1) is 37.0 Å². The number of carbonyl (C=O) groups excluding carboxylic acids is 2. The van der Waals surface area contributed by atoms with Gasteiger partial charge in [-0.25, -0.2) is 4.79 Å². The molecule has 1 heterocycles. The molecule has 13 heteroatoms. The second-order valence-corrected chi connectivity index (χ2v) is 9.76. The summed E-state index contributed by atoms with van der Waals surface area (Å²) >= 11 is 25.3. The maximum atomic E-state index is 12.8. The van der Waals surface area contributed by atoms with Crippen LogP contribution in [0, 0.1) is 0 Å². The van der Waals surface area contributed by atoms with Crippen LogP contribution in [0.3, 0.4) is 0 Å². The van der Waals surface area contributed by atoms with Crippen LogP contribution in [0.1, 0.15) is 20.7 Å². The molecular formula is C23H14Cl4N2O6S.